The highest BCUT2D eigenvalue weighted by atomic mass is 16.6. The van der Waals surface area contributed by atoms with Crippen LogP contribution in [0.5, 0.6) is 5.75 Å². The van der Waals surface area contributed by atoms with Gasteiger partial charge in [-0.05, 0) is 39.8 Å². The smallest absolute Gasteiger partial charge is 0.330 e. The highest BCUT2D eigenvalue weighted by Crippen LogP contribution is 2.06. The van der Waals surface area contributed by atoms with Gasteiger partial charge in [0, 0.05) is 11.6 Å². The number of benzene rings is 1. The standard InChI is InChI=1S/C7H12O2.C6H6O.C4H6O2/c1-5-6(8)9-7(2,3)4;7-6-4-2-1-3-5-6;1-3(2)4(5)6/h5H,1H2,2-4H3;1-5,7H;1H2,2H3,(H,5,6). The molecule has 0 amide bonds. The molecule has 2 N–H and O–H groups in total. The third kappa shape index (κ3) is 17.4. The van der Waals surface area contributed by atoms with Crippen LogP contribution in [0.15, 0.2) is 55.1 Å². The summed E-state index contributed by atoms with van der Waals surface area (Å²) in [5.41, 5.74) is -0.222. The Morgan fingerprint density at radius 3 is 1.73 bits per heavy atom. The van der Waals surface area contributed by atoms with Crippen molar-refractivity contribution >= 4 is 11.9 Å². The van der Waals surface area contributed by atoms with Gasteiger partial charge >= 0.3 is 11.9 Å². The third-order valence-corrected chi connectivity index (χ3v) is 1.69. The van der Waals surface area contributed by atoms with Crippen LogP contribution in [0.2, 0.25) is 0 Å². The van der Waals surface area contributed by atoms with Gasteiger partial charge in [0.2, 0.25) is 0 Å². The average molecular weight is 308 g/mol. The van der Waals surface area contributed by atoms with Crippen LogP contribution in [0.25, 0.3) is 0 Å². The molecule has 0 atom stereocenters. The molecular formula is C17H24O5. The summed E-state index contributed by atoms with van der Waals surface area (Å²) in [4.78, 5) is 20.1. The van der Waals surface area contributed by atoms with Gasteiger partial charge in [-0.1, -0.05) is 31.4 Å². The molecule has 1 rings (SSSR count). The Balaban J connectivity index is 0. The first kappa shape index (κ1) is 21.7. The minimum Gasteiger partial charge on any atom is -0.508 e. The van der Waals surface area contributed by atoms with Crippen molar-refractivity contribution in [3.05, 3.63) is 55.1 Å². The van der Waals surface area contributed by atoms with Crippen LogP contribution in [-0.4, -0.2) is 27.8 Å². The van der Waals surface area contributed by atoms with E-state index in [1.54, 1.807) is 24.3 Å². The number of carbonyl (C=O) groups is 2. The van der Waals surface area contributed by atoms with Gasteiger partial charge < -0.3 is 14.9 Å². The molecule has 5 nitrogen and oxygen atoms in total. The van der Waals surface area contributed by atoms with E-state index in [-0.39, 0.29) is 11.5 Å². The molecule has 22 heavy (non-hydrogen) atoms. The van der Waals surface area contributed by atoms with Crippen LogP contribution in [0, 0.1) is 0 Å². The fraction of sp³-hybridized carbons (Fsp3) is 0.294. The van der Waals surface area contributed by atoms with E-state index in [1.807, 2.05) is 26.8 Å². The molecule has 1 aromatic rings. The number of carboxylic acids is 1. The lowest BCUT2D eigenvalue weighted by atomic mass is 10.2. The SMILES string of the molecule is C=C(C)C(=O)O.C=CC(=O)OC(C)(C)C.Oc1ccccc1. The van der Waals surface area contributed by atoms with E-state index < -0.39 is 11.6 Å². The Morgan fingerprint density at radius 2 is 1.59 bits per heavy atom. The molecule has 0 saturated carbocycles. The molecule has 0 unspecified atom stereocenters. The Bertz CT molecular complexity index is 472. The Labute approximate surface area is 131 Å². The first-order chi connectivity index (χ1) is 9.99. The summed E-state index contributed by atoms with van der Waals surface area (Å²) in [5, 5.41) is 16.5. The number of phenols is 1. The molecule has 0 aliphatic rings. The number of carboxylic acid groups (broad SMARTS) is 1. The first-order valence-electron chi connectivity index (χ1n) is 6.47. The number of ether oxygens (including phenoxy) is 1. The average Bonchev–Trinajstić information content (AvgIpc) is 2.39. The molecule has 0 spiro atoms. The van der Waals surface area contributed by atoms with E-state index in [2.05, 4.69) is 13.2 Å². The van der Waals surface area contributed by atoms with E-state index in [0.29, 0.717) is 5.75 Å². The number of rotatable bonds is 2. The van der Waals surface area contributed by atoms with Crippen molar-refractivity contribution in [3.8, 4) is 5.75 Å². The Morgan fingerprint density at radius 1 is 1.18 bits per heavy atom. The van der Waals surface area contributed by atoms with Crippen LogP contribution in [0.3, 0.4) is 0 Å². The zero-order valence-corrected chi connectivity index (χ0v) is 13.5. The van der Waals surface area contributed by atoms with Gasteiger partial charge in [-0.25, -0.2) is 9.59 Å². The summed E-state index contributed by atoms with van der Waals surface area (Å²) >= 11 is 0. The van der Waals surface area contributed by atoms with Crippen LogP contribution in [0.4, 0.5) is 0 Å². The number of aliphatic carboxylic acids is 1. The van der Waals surface area contributed by atoms with Gasteiger partial charge in [0.05, 0.1) is 0 Å². The lowest BCUT2D eigenvalue weighted by Crippen LogP contribution is -2.22. The van der Waals surface area contributed by atoms with Gasteiger partial charge in [-0.15, -0.1) is 0 Å². The quantitative estimate of drug-likeness (QED) is 0.644. The largest absolute Gasteiger partial charge is 0.508 e. The highest BCUT2D eigenvalue weighted by molar-refractivity contribution is 5.84. The number of aromatic hydroxyl groups is 1. The zero-order chi connectivity index (χ0) is 17.8. The lowest BCUT2D eigenvalue weighted by molar-refractivity contribution is -0.148. The molecule has 0 aliphatic carbocycles. The van der Waals surface area contributed by atoms with Crippen LogP contribution in [0.1, 0.15) is 27.7 Å². The van der Waals surface area contributed by atoms with E-state index in [0.717, 1.165) is 6.08 Å². The predicted molar refractivity (Wildman–Crippen MR) is 86.6 cm³/mol. The maximum Gasteiger partial charge on any atom is 0.330 e. The lowest BCUT2D eigenvalue weighted by Gasteiger charge is -2.17. The van der Waals surface area contributed by atoms with Gasteiger partial charge in [0.15, 0.2) is 0 Å². The summed E-state index contributed by atoms with van der Waals surface area (Å²) in [6, 6.07) is 8.71. The summed E-state index contributed by atoms with van der Waals surface area (Å²) < 4.78 is 4.83. The van der Waals surface area contributed by atoms with E-state index in [1.165, 1.54) is 6.92 Å². The number of hydrogen-bond acceptors (Lipinski definition) is 4. The normalized spacial score (nSPS) is 9.09. The van der Waals surface area contributed by atoms with E-state index in [9.17, 15) is 9.59 Å². The predicted octanol–water partition coefficient (Wildman–Crippen LogP) is 3.55. The van der Waals surface area contributed by atoms with Gasteiger partial charge in [0.25, 0.3) is 0 Å². The van der Waals surface area contributed by atoms with Crippen molar-refractivity contribution < 1.29 is 24.5 Å². The van der Waals surface area contributed by atoms with Crippen molar-refractivity contribution in [1.82, 2.24) is 0 Å². The number of para-hydroxylation sites is 1. The second kappa shape index (κ2) is 11.1. The van der Waals surface area contributed by atoms with Crippen molar-refractivity contribution in [2.24, 2.45) is 0 Å². The molecule has 0 radical (unpaired) electrons. The van der Waals surface area contributed by atoms with Crippen molar-refractivity contribution in [1.29, 1.82) is 0 Å². The van der Waals surface area contributed by atoms with Crippen LogP contribution < -0.4 is 0 Å². The molecular weight excluding hydrogens is 284 g/mol. The maximum absolute atomic E-state index is 10.5. The number of carbonyl (C=O) groups excluding carboxylic acids is 1. The molecule has 0 saturated heterocycles. The summed E-state index contributed by atoms with van der Waals surface area (Å²) in [6.45, 7) is 13.3. The summed E-state index contributed by atoms with van der Waals surface area (Å²) in [7, 11) is 0. The van der Waals surface area contributed by atoms with Crippen molar-refractivity contribution in [2.75, 3.05) is 0 Å². The minimum absolute atomic E-state index is 0.176. The number of hydrogen-bond donors (Lipinski definition) is 2. The molecule has 0 aromatic heterocycles. The Hall–Kier alpha value is -2.56. The molecule has 0 bridgehead atoms. The second-order valence-electron chi connectivity index (χ2n) is 5.16. The highest BCUT2D eigenvalue weighted by Gasteiger charge is 2.12. The molecule has 1 aromatic carbocycles. The fourth-order valence-electron chi connectivity index (χ4n) is 0.771. The summed E-state index contributed by atoms with van der Waals surface area (Å²) in [6.07, 6.45) is 1.16. The van der Waals surface area contributed by atoms with E-state index >= 15 is 0 Å². The topological polar surface area (TPSA) is 83.8 Å². The molecule has 122 valence electrons. The Kier molecular flexibility index (Phi) is 11.0. The molecule has 0 fully saturated rings. The monoisotopic (exact) mass is 308 g/mol. The first-order valence-corrected chi connectivity index (χ1v) is 6.47. The van der Waals surface area contributed by atoms with Crippen LogP contribution in [-0.2, 0) is 14.3 Å². The van der Waals surface area contributed by atoms with Gasteiger partial charge in [0.1, 0.15) is 11.4 Å². The van der Waals surface area contributed by atoms with Crippen molar-refractivity contribution in [3.63, 3.8) is 0 Å². The molecule has 0 aliphatic heterocycles. The second-order valence-corrected chi connectivity index (χ2v) is 5.16. The molecule has 5 heteroatoms. The van der Waals surface area contributed by atoms with E-state index in [4.69, 9.17) is 14.9 Å². The van der Waals surface area contributed by atoms with Crippen LogP contribution >= 0.6 is 0 Å². The fourth-order valence-corrected chi connectivity index (χ4v) is 0.771. The zero-order valence-electron chi connectivity index (χ0n) is 13.5. The maximum atomic E-state index is 10.5. The van der Waals surface area contributed by atoms with Gasteiger partial charge in [-0.3, -0.25) is 0 Å². The number of esters is 1. The van der Waals surface area contributed by atoms with Crippen molar-refractivity contribution in [2.45, 2.75) is 33.3 Å². The van der Waals surface area contributed by atoms with Gasteiger partial charge in [-0.2, -0.15) is 0 Å². The minimum atomic E-state index is -0.935. The third-order valence-electron chi connectivity index (χ3n) is 1.69. The number of phenolic OH excluding ortho intramolecular Hbond substituents is 1. The summed E-state index contributed by atoms with van der Waals surface area (Å²) in [5.74, 6) is -0.986. The molecule has 0 heterocycles.